The number of imide groups is 1. The molecule has 9 heteroatoms. The number of anilines is 1. The maximum atomic E-state index is 12.2. The average molecular weight is 421 g/mol. The van der Waals surface area contributed by atoms with E-state index in [1.54, 1.807) is 25.1 Å². The monoisotopic (exact) mass is 421 g/mol. The minimum absolute atomic E-state index is 0.0385. The van der Waals surface area contributed by atoms with E-state index in [0.29, 0.717) is 50.1 Å². The van der Waals surface area contributed by atoms with E-state index in [1.807, 2.05) is 18.7 Å². The Bertz CT molecular complexity index is 739. The minimum Gasteiger partial charge on any atom is -0.490 e. The van der Waals surface area contributed by atoms with E-state index in [4.69, 9.17) is 14.2 Å². The molecule has 1 aromatic carbocycles. The third-order valence-corrected chi connectivity index (χ3v) is 4.55. The molecular weight excluding hydrogens is 390 g/mol. The number of nitrogens with zero attached hydrogens (tertiary/aromatic N) is 1. The number of hydrogen-bond acceptors (Lipinski definition) is 7. The topological polar surface area (TPSA) is 106 Å². The molecule has 1 fully saturated rings. The highest BCUT2D eigenvalue weighted by atomic mass is 16.5. The van der Waals surface area contributed by atoms with Gasteiger partial charge in [0.15, 0.2) is 11.5 Å². The Morgan fingerprint density at radius 2 is 1.80 bits per heavy atom. The van der Waals surface area contributed by atoms with E-state index in [-0.39, 0.29) is 18.4 Å². The minimum atomic E-state index is -0.634. The SMILES string of the molecule is CCOC(=O)[C@@H]1CCCN(CC(=O)NC(=O)Nc2ccc(OCC)c(OCC)c2)C1. The molecule has 1 aromatic rings. The lowest BCUT2D eigenvalue weighted by atomic mass is 9.98. The van der Waals surface area contributed by atoms with Crippen LogP contribution in [0.5, 0.6) is 11.5 Å². The van der Waals surface area contributed by atoms with Crippen LogP contribution in [0.4, 0.5) is 10.5 Å². The van der Waals surface area contributed by atoms with Gasteiger partial charge in [-0.2, -0.15) is 0 Å². The molecule has 1 atom stereocenters. The number of hydrogen-bond donors (Lipinski definition) is 2. The number of piperidine rings is 1. The third-order valence-electron chi connectivity index (χ3n) is 4.55. The Hall–Kier alpha value is -2.81. The van der Waals surface area contributed by atoms with Gasteiger partial charge in [0.2, 0.25) is 5.91 Å². The zero-order valence-electron chi connectivity index (χ0n) is 17.9. The summed E-state index contributed by atoms with van der Waals surface area (Å²) in [6.07, 6.45) is 1.55. The molecule has 2 N–H and O–H groups in total. The highest BCUT2D eigenvalue weighted by Crippen LogP contribution is 2.30. The van der Waals surface area contributed by atoms with Crippen molar-refractivity contribution in [1.29, 1.82) is 0 Å². The first-order valence-corrected chi connectivity index (χ1v) is 10.4. The Balaban J connectivity index is 1.86. The summed E-state index contributed by atoms with van der Waals surface area (Å²) in [5.74, 6) is 0.194. The molecule has 0 unspecified atom stereocenters. The van der Waals surface area contributed by atoms with Crippen molar-refractivity contribution >= 4 is 23.6 Å². The Kier molecular flexibility index (Phi) is 9.40. The molecule has 166 valence electrons. The summed E-state index contributed by atoms with van der Waals surface area (Å²) in [5.41, 5.74) is 0.479. The molecule has 30 heavy (non-hydrogen) atoms. The van der Waals surface area contributed by atoms with Crippen molar-refractivity contribution in [2.75, 3.05) is 44.8 Å². The second-order valence-corrected chi connectivity index (χ2v) is 6.86. The Labute approximate surface area is 177 Å². The van der Waals surface area contributed by atoms with Crippen LogP contribution in [-0.2, 0) is 14.3 Å². The number of esters is 1. The molecule has 0 spiro atoms. The number of rotatable bonds is 9. The maximum Gasteiger partial charge on any atom is 0.325 e. The van der Waals surface area contributed by atoms with Crippen molar-refractivity contribution in [3.8, 4) is 11.5 Å². The van der Waals surface area contributed by atoms with Crippen LogP contribution in [0.1, 0.15) is 33.6 Å². The van der Waals surface area contributed by atoms with Gasteiger partial charge >= 0.3 is 12.0 Å². The van der Waals surface area contributed by atoms with Crippen molar-refractivity contribution in [2.24, 2.45) is 5.92 Å². The number of likely N-dealkylation sites (tertiary alicyclic amines) is 1. The standard InChI is InChI=1S/C21H31N3O6/c1-4-28-17-10-9-16(12-18(17)29-5-2)22-21(27)23-19(25)14-24-11-7-8-15(13-24)20(26)30-6-3/h9-10,12,15H,4-8,11,13-14H2,1-3H3,(H2,22,23,25,27)/t15-/m1/s1. The predicted octanol–water partition coefficient (Wildman–Crippen LogP) is 2.41. The van der Waals surface area contributed by atoms with Crippen molar-refractivity contribution in [3.05, 3.63) is 18.2 Å². The van der Waals surface area contributed by atoms with E-state index in [2.05, 4.69) is 10.6 Å². The molecule has 9 nitrogen and oxygen atoms in total. The highest BCUT2D eigenvalue weighted by molar-refractivity contribution is 6.01. The first-order valence-electron chi connectivity index (χ1n) is 10.4. The molecule has 0 radical (unpaired) electrons. The zero-order chi connectivity index (χ0) is 21.9. The lowest BCUT2D eigenvalue weighted by Crippen LogP contribution is -2.46. The van der Waals surface area contributed by atoms with E-state index >= 15 is 0 Å². The van der Waals surface area contributed by atoms with Gasteiger partial charge in [-0.1, -0.05) is 0 Å². The van der Waals surface area contributed by atoms with Gasteiger partial charge in [0.05, 0.1) is 32.3 Å². The highest BCUT2D eigenvalue weighted by Gasteiger charge is 2.28. The quantitative estimate of drug-likeness (QED) is 0.590. The predicted molar refractivity (Wildman–Crippen MR) is 112 cm³/mol. The lowest BCUT2D eigenvalue weighted by Gasteiger charge is -2.30. The molecular formula is C21H31N3O6. The number of carbonyl (C=O) groups is 3. The molecule has 1 saturated heterocycles. The fourth-order valence-corrected chi connectivity index (χ4v) is 3.31. The van der Waals surface area contributed by atoms with Gasteiger partial charge in [-0.15, -0.1) is 0 Å². The number of nitrogens with one attached hydrogen (secondary N) is 2. The van der Waals surface area contributed by atoms with Crippen LogP contribution in [-0.4, -0.2) is 62.3 Å². The molecule has 0 bridgehead atoms. The van der Waals surface area contributed by atoms with Crippen LogP contribution in [0.3, 0.4) is 0 Å². The molecule has 2 rings (SSSR count). The van der Waals surface area contributed by atoms with E-state index < -0.39 is 11.9 Å². The number of urea groups is 1. The Morgan fingerprint density at radius 3 is 2.50 bits per heavy atom. The van der Waals surface area contributed by atoms with Gasteiger partial charge < -0.3 is 19.5 Å². The molecule has 0 aliphatic carbocycles. The van der Waals surface area contributed by atoms with Crippen LogP contribution in [0.2, 0.25) is 0 Å². The summed E-state index contributed by atoms with van der Waals surface area (Å²) < 4.78 is 16.1. The molecule has 1 aliphatic rings. The van der Waals surface area contributed by atoms with Gasteiger partial charge in [-0.25, -0.2) is 4.79 Å². The second kappa shape index (κ2) is 12.0. The summed E-state index contributed by atoms with van der Waals surface area (Å²) in [7, 11) is 0. The first-order chi connectivity index (χ1) is 14.5. The van der Waals surface area contributed by atoms with Crippen molar-refractivity contribution in [1.82, 2.24) is 10.2 Å². The van der Waals surface area contributed by atoms with E-state index in [1.165, 1.54) is 0 Å². The first kappa shape index (κ1) is 23.5. The summed E-state index contributed by atoms with van der Waals surface area (Å²) in [5, 5.41) is 4.94. The molecule has 0 aromatic heterocycles. The van der Waals surface area contributed by atoms with Gasteiger partial charge in [0, 0.05) is 18.3 Å². The largest absolute Gasteiger partial charge is 0.490 e. The van der Waals surface area contributed by atoms with Crippen LogP contribution < -0.4 is 20.1 Å². The van der Waals surface area contributed by atoms with Crippen molar-refractivity contribution in [3.63, 3.8) is 0 Å². The number of carbonyl (C=O) groups excluding carboxylic acids is 3. The number of ether oxygens (including phenoxy) is 3. The summed E-state index contributed by atoms with van der Waals surface area (Å²) in [6.45, 7) is 7.97. The summed E-state index contributed by atoms with van der Waals surface area (Å²) >= 11 is 0. The maximum absolute atomic E-state index is 12.2. The molecule has 0 saturated carbocycles. The second-order valence-electron chi connectivity index (χ2n) is 6.86. The Morgan fingerprint density at radius 1 is 1.07 bits per heavy atom. The van der Waals surface area contributed by atoms with Crippen LogP contribution in [0.25, 0.3) is 0 Å². The zero-order valence-corrected chi connectivity index (χ0v) is 17.9. The number of amides is 3. The van der Waals surface area contributed by atoms with Gasteiger partial charge in [0.25, 0.3) is 0 Å². The van der Waals surface area contributed by atoms with Gasteiger partial charge in [0.1, 0.15) is 0 Å². The van der Waals surface area contributed by atoms with Crippen molar-refractivity contribution < 1.29 is 28.6 Å². The fraction of sp³-hybridized carbons (Fsp3) is 0.571. The van der Waals surface area contributed by atoms with E-state index in [0.717, 1.165) is 12.8 Å². The van der Waals surface area contributed by atoms with E-state index in [9.17, 15) is 14.4 Å². The molecule has 1 heterocycles. The lowest BCUT2D eigenvalue weighted by molar-refractivity contribution is -0.150. The van der Waals surface area contributed by atoms with Gasteiger partial charge in [-0.3, -0.25) is 19.8 Å². The smallest absolute Gasteiger partial charge is 0.325 e. The van der Waals surface area contributed by atoms with Gasteiger partial charge in [-0.05, 0) is 52.3 Å². The van der Waals surface area contributed by atoms with Crippen LogP contribution in [0.15, 0.2) is 18.2 Å². The molecule has 1 aliphatic heterocycles. The molecule has 3 amide bonds. The third kappa shape index (κ3) is 7.22. The van der Waals surface area contributed by atoms with Crippen molar-refractivity contribution in [2.45, 2.75) is 33.6 Å². The number of benzene rings is 1. The van der Waals surface area contributed by atoms with Crippen LogP contribution >= 0.6 is 0 Å². The normalized spacial score (nSPS) is 16.4. The fourth-order valence-electron chi connectivity index (χ4n) is 3.31. The van der Waals surface area contributed by atoms with Crippen LogP contribution in [0, 0.1) is 5.92 Å². The summed E-state index contributed by atoms with van der Waals surface area (Å²) in [6, 6.07) is 4.39. The summed E-state index contributed by atoms with van der Waals surface area (Å²) in [4.78, 5) is 38.2. The average Bonchev–Trinajstić information content (AvgIpc) is 2.70.